The number of benzene rings is 2. The normalized spacial score (nSPS) is 25.3. The molecule has 0 N–H and O–H groups in total. The van der Waals surface area contributed by atoms with Crippen molar-refractivity contribution in [2.24, 2.45) is 0 Å². The van der Waals surface area contributed by atoms with Crippen LogP contribution in [0.5, 0.6) is 0 Å². The van der Waals surface area contributed by atoms with Gasteiger partial charge in [-0.3, -0.25) is 4.90 Å². The Kier molecular flexibility index (Phi) is 4.96. The second-order valence-corrected chi connectivity index (χ2v) is 7.18. The summed E-state index contributed by atoms with van der Waals surface area (Å²) in [5.41, 5.74) is 2.67. The Labute approximate surface area is 145 Å². The van der Waals surface area contributed by atoms with E-state index in [9.17, 15) is 0 Å². The van der Waals surface area contributed by atoms with Gasteiger partial charge in [-0.05, 0) is 24.0 Å². The van der Waals surface area contributed by atoms with Gasteiger partial charge in [0, 0.05) is 12.6 Å². The van der Waals surface area contributed by atoms with Crippen molar-refractivity contribution in [1.82, 2.24) is 4.90 Å². The Balaban J connectivity index is 1.45. The third-order valence-electron chi connectivity index (χ3n) is 5.59. The molecule has 24 heavy (non-hydrogen) atoms. The summed E-state index contributed by atoms with van der Waals surface area (Å²) < 4.78 is 6.31. The Hall–Kier alpha value is -1.64. The standard InChI is InChI=1S/C22H27NO/c1-4-10-18(11-5-1)17-24-21-16-23(20-14-8-3-9-15-20)22(21)19-12-6-2-7-13-19/h1-2,4-7,10-13,20-22H,3,8-9,14-17H2. The van der Waals surface area contributed by atoms with Gasteiger partial charge in [-0.25, -0.2) is 0 Å². The smallest absolute Gasteiger partial charge is 0.0903 e. The molecule has 0 aromatic heterocycles. The van der Waals surface area contributed by atoms with Crippen LogP contribution in [0, 0.1) is 0 Å². The monoisotopic (exact) mass is 321 g/mol. The summed E-state index contributed by atoms with van der Waals surface area (Å²) in [4.78, 5) is 2.70. The molecule has 2 aromatic carbocycles. The first-order valence-electron chi connectivity index (χ1n) is 9.38. The van der Waals surface area contributed by atoms with Crippen molar-refractivity contribution < 1.29 is 4.74 Å². The highest BCUT2D eigenvalue weighted by Gasteiger charge is 2.44. The van der Waals surface area contributed by atoms with Crippen molar-refractivity contribution in [3.63, 3.8) is 0 Å². The highest BCUT2D eigenvalue weighted by atomic mass is 16.5. The predicted octanol–water partition coefficient (Wildman–Crippen LogP) is 4.96. The summed E-state index contributed by atoms with van der Waals surface area (Å²) in [5, 5.41) is 0. The maximum atomic E-state index is 6.31. The molecule has 2 aromatic rings. The number of nitrogens with zero attached hydrogens (tertiary/aromatic N) is 1. The summed E-state index contributed by atoms with van der Waals surface area (Å²) in [6.07, 6.45) is 7.21. The predicted molar refractivity (Wildman–Crippen MR) is 97.8 cm³/mol. The first-order valence-corrected chi connectivity index (χ1v) is 9.38. The summed E-state index contributed by atoms with van der Waals surface area (Å²) in [7, 11) is 0. The third-order valence-corrected chi connectivity index (χ3v) is 5.59. The molecular weight excluding hydrogens is 294 g/mol. The van der Waals surface area contributed by atoms with Crippen LogP contribution in [-0.2, 0) is 11.3 Å². The molecule has 1 saturated carbocycles. The Morgan fingerprint density at radius 2 is 1.50 bits per heavy atom. The highest BCUT2D eigenvalue weighted by molar-refractivity contribution is 5.24. The summed E-state index contributed by atoms with van der Waals surface area (Å²) in [6.45, 7) is 1.80. The molecule has 2 atom stereocenters. The topological polar surface area (TPSA) is 12.5 Å². The van der Waals surface area contributed by atoms with Gasteiger partial charge in [0.05, 0.1) is 18.8 Å². The lowest BCUT2D eigenvalue weighted by Crippen LogP contribution is -2.58. The van der Waals surface area contributed by atoms with Gasteiger partial charge in [0.15, 0.2) is 0 Å². The van der Waals surface area contributed by atoms with Gasteiger partial charge in [0.2, 0.25) is 0 Å². The molecule has 2 nitrogen and oxygen atoms in total. The van der Waals surface area contributed by atoms with E-state index in [1.165, 1.54) is 43.2 Å². The Morgan fingerprint density at radius 1 is 0.833 bits per heavy atom. The quantitative estimate of drug-likeness (QED) is 0.771. The van der Waals surface area contributed by atoms with E-state index in [1.807, 2.05) is 0 Å². The molecule has 1 heterocycles. The van der Waals surface area contributed by atoms with Gasteiger partial charge >= 0.3 is 0 Å². The minimum atomic E-state index is 0.314. The summed E-state index contributed by atoms with van der Waals surface area (Å²) in [5.74, 6) is 0. The van der Waals surface area contributed by atoms with Gasteiger partial charge in [-0.15, -0.1) is 0 Å². The van der Waals surface area contributed by atoms with E-state index in [0.717, 1.165) is 12.6 Å². The van der Waals surface area contributed by atoms with Gasteiger partial charge in [-0.2, -0.15) is 0 Å². The number of rotatable bonds is 5. The summed E-state index contributed by atoms with van der Waals surface area (Å²) in [6, 6.07) is 22.6. The Morgan fingerprint density at radius 3 is 2.21 bits per heavy atom. The van der Waals surface area contributed by atoms with Crippen molar-refractivity contribution >= 4 is 0 Å². The van der Waals surface area contributed by atoms with Crippen LogP contribution in [0.4, 0.5) is 0 Å². The van der Waals surface area contributed by atoms with Gasteiger partial charge in [0.25, 0.3) is 0 Å². The van der Waals surface area contributed by atoms with E-state index in [1.54, 1.807) is 0 Å². The molecule has 1 aliphatic carbocycles. The lowest BCUT2D eigenvalue weighted by molar-refractivity contribution is -0.134. The zero-order chi connectivity index (χ0) is 16.2. The van der Waals surface area contributed by atoms with Crippen LogP contribution in [-0.4, -0.2) is 23.6 Å². The van der Waals surface area contributed by atoms with Crippen LogP contribution < -0.4 is 0 Å². The third kappa shape index (κ3) is 3.40. The maximum Gasteiger partial charge on any atom is 0.0903 e. The zero-order valence-electron chi connectivity index (χ0n) is 14.3. The van der Waals surface area contributed by atoms with Crippen LogP contribution in [0.2, 0.25) is 0 Å². The van der Waals surface area contributed by atoms with E-state index in [0.29, 0.717) is 18.8 Å². The first-order chi connectivity index (χ1) is 11.9. The summed E-state index contributed by atoms with van der Waals surface area (Å²) >= 11 is 0. The van der Waals surface area contributed by atoms with Crippen LogP contribution in [0.1, 0.15) is 49.3 Å². The molecule has 2 heteroatoms. The van der Waals surface area contributed by atoms with Crippen LogP contribution in [0.25, 0.3) is 0 Å². The molecular formula is C22H27NO. The van der Waals surface area contributed by atoms with Crippen LogP contribution in [0.3, 0.4) is 0 Å². The molecule has 0 spiro atoms. The second kappa shape index (κ2) is 7.50. The van der Waals surface area contributed by atoms with E-state index >= 15 is 0 Å². The molecule has 2 fully saturated rings. The van der Waals surface area contributed by atoms with Crippen molar-refractivity contribution in [2.45, 2.75) is 56.9 Å². The molecule has 0 amide bonds. The number of hydrogen-bond donors (Lipinski definition) is 0. The number of hydrogen-bond acceptors (Lipinski definition) is 2. The SMILES string of the molecule is c1ccc(COC2CN(C3CCCCC3)C2c2ccccc2)cc1. The molecule has 0 radical (unpaired) electrons. The molecule has 2 unspecified atom stereocenters. The average Bonchev–Trinajstić information content (AvgIpc) is 2.63. The van der Waals surface area contributed by atoms with Crippen molar-refractivity contribution in [3.05, 3.63) is 71.8 Å². The van der Waals surface area contributed by atoms with Crippen LogP contribution in [0.15, 0.2) is 60.7 Å². The molecule has 1 saturated heterocycles. The van der Waals surface area contributed by atoms with Gasteiger partial charge < -0.3 is 4.74 Å². The van der Waals surface area contributed by atoms with E-state index < -0.39 is 0 Å². The van der Waals surface area contributed by atoms with E-state index in [2.05, 4.69) is 65.6 Å². The fourth-order valence-electron chi connectivity index (χ4n) is 4.26. The zero-order valence-corrected chi connectivity index (χ0v) is 14.3. The maximum absolute atomic E-state index is 6.31. The molecule has 4 rings (SSSR count). The van der Waals surface area contributed by atoms with E-state index in [-0.39, 0.29) is 0 Å². The molecule has 126 valence electrons. The molecule has 2 aliphatic rings. The lowest BCUT2D eigenvalue weighted by atomic mass is 9.85. The highest BCUT2D eigenvalue weighted by Crippen LogP contribution is 2.41. The second-order valence-electron chi connectivity index (χ2n) is 7.18. The molecule has 1 aliphatic heterocycles. The van der Waals surface area contributed by atoms with Gasteiger partial charge in [0.1, 0.15) is 0 Å². The molecule has 0 bridgehead atoms. The fraction of sp³-hybridized carbons (Fsp3) is 0.455. The average molecular weight is 321 g/mol. The number of ether oxygens (including phenoxy) is 1. The largest absolute Gasteiger partial charge is 0.370 e. The van der Waals surface area contributed by atoms with Gasteiger partial charge in [-0.1, -0.05) is 79.9 Å². The fourth-order valence-corrected chi connectivity index (χ4v) is 4.26. The Bertz CT molecular complexity index is 621. The first kappa shape index (κ1) is 15.9. The number of likely N-dealkylation sites (tertiary alicyclic amines) is 1. The lowest BCUT2D eigenvalue weighted by Gasteiger charge is -2.52. The van der Waals surface area contributed by atoms with Crippen molar-refractivity contribution in [3.8, 4) is 0 Å². The van der Waals surface area contributed by atoms with Crippen molar-refractivity contribution in [1.29, 1.82) is 0 Å². The minimum absolute atomic E-state index is 0.314. The minimum Gasteiger partial charge on any atom is -0.370 e. The van der Waals surface area contributed by atoms with Crippen LogP contribution >= 0.6 is 0 Å². The van der Waals surface area contributed by atoms with E-state index in [4.69, 9.17) is 4.74 Å². The van der Waals surface area contributed by atoms with Crippen molar-refractivity contribution in [2.75, 3.05) is 6.54 Å².